The van der Waals surface area contributed by atoms with Gasteiger partial charge in [0.2, 0.25) is 5.91 Å². The van der Waals surface area contributed by atoms with Crippen LogP contribution in [-0.2, 0) is 4.79 Å². The maximum Gasteiger partial charge on any atom is 0.220 e. The first kappa shape index (κ1) is 13.2. The van der Waals surface area contributed by atoms with E-state index in [1.54, 1.807) is 26.1 Å². The smallest absolute Gasteiger partial charge is 0.220 e. The van der Waals surface area contributed by atoms with E-state index in [1.807, 2.05) is 0 Å². The molecule has 0 radical (unpaired) electrons. The fourth-order valence-electron chi connectivity index (χ4n) is 1.39. The van der Waals surface area contributed by atoms with Gasteiger partial charge in [0.1, 0.15) is 5.75 Å². The number of rotatable bonds is 5. The molecule has 0 aliphatic heterocycles. The fourth-order valence-corrected chi connectivity index (χ4v) is 1.39. The molecule has 0 aliphatic carbocycles. The van der Waals surface area contributed by atoms with Crippen LogP contribution in [0, 0.1) is 0 Å². The summed E-state index contributed by atoms with van der Waals surface area (Å²) in [6.07, 6.45) is 3.34. The van der Waals surface area contributed by atoms with Crippen LogP contribution in [0.3, 0.4) is 0 Å². The van der Waals surface area contributed by atoms with Crippen molar-refractivity contribution in [2.75, 3.05) is 7.11 Å². The number of nitrogens with one attached hydrogen (secondary N) is 1. The Hall–Kier alpha value is -1.91. The van der Waals surface area contributed by atoms with Crippen LogP contribution < -0.4 is 10.1 Å². The minimum Gasteiger partial charge on any atom is -0.496 e. The Bertz CT molecular complexity index is 418. The van der Waals surface area contributed by atoms with Crippen LogP contribution in [0.2, 0.25) is 0 Å². The number of carbonyl (C=O) groups is 2. The van der Waals surface area contributed by atoms with Crippen molar-refractivity contribution in [2.24, 2.45) is 0 Å². The molecule has 17 heavy (non-hydrogen) atoms. The third kappa shape index (κ3) is 3.27. The molecular weight excluding hydrogens is 220 g/mol. The van der Waals surface area contributed by atoms with E-state index in [0.717, 1.165) is 0 Å². The molecule has 5 nitrogen and oxygen atoms in total. The number of aromatic nitrogens is 1. The van der Waals surface area contributed by atoms with Gasteiger partial charge >= 0.3 is 0 Å². The lowest BCUT2D eigenvalue weighted by Gasteiger charge is -2.13. The van der Waals surface area contributed by atoms with Crippen molar-refractivity contribution in [3.05, 3.63) is 24.0 Å². The zero-order chi connectivity index (χ0) is 12.8. The molecule has 0 saturated heterocycles. The first-order valence-corrected chi connectivity index (χ1v) is 5.41. The quantitative estimate of drug-likeness (QED) is 0.780. The van der Waals surface area contributed by atoms with Gasteiger partial charge < -0.3 is 10.1 Å². The van der Waals surface area contributed by atoms with Crippen LogP contribution >= 0.6 is 0 Å². The Morgan fingerprint density at radius 2 is 2.24 bits per heavy atom. The van der Waals surface area contributed by atoms with Crippen LogP contribution in [0.15, 0.2) is 18.5 Å². The van der Waals surface area contributed by atoms with Crippen molar-refractivity contribution in [3.63, 3.8) is 0 Å². The van der Waals surface area contributed by atoms with Crippen molar-refractivity contribution < 1.29 is 14.3 Å². The van der Waals surface area contributed by atoms with E-state index < -0.39 is 6.04 Å². The molecule has 0 bridgehead atoms. The van der Waals surface area contributed by atoms with E-state index in [-0.39, 0.29) is 11.7 Å². The second-order valence-electron chi connectivity index (χ2n) is 3.58. The summed E-state index contributed by atoms with van der Waals surface area (Å²) in [6, 6.07) is 1.03. The molecule has 1 aromatic rings. The Morgan fingerprint density at radius 3 is 2.82 bits per heavy atom. The summed E-state index contributed by atoms with van der Waals surface area (Å²) in [7, 11) is 1.49. The highest BCUT2D eigenvalue weighted by Gasteiger charge is 2.20. The highest BCUT2D eigenvalue weighted by Crippen LogP contribution is 2.17. The van der Waals surface area contributed by atoms with Crippen molar-refractivity contribution in [3.8, 4) is 5.75 Å². The lowest BCUT2D eigenvalue weighted by molar-refractivity contribution is -0.121. The summed E-state index contributed by atoms with van der Waals surface area (Å²) in [4.78, 5) is 27.1. The second-order valence-corrected chi connectivity index (χ2v) is 3.58. The van der Waals surface area contributed by atoms with Crippen molar-refractivity contribution in [2.45, 2.75) is 26.3 Å². The van der Waals surface area contributed by atoms with Gasteiger partial charge in [0.05, 0.1) is 18.7 Å². The Kier molecular flexibility index (Phi) is 4.63. The summed E-state index contributed by atoms with van der Waals surface area (Å²) in [5.74, 6) is 0.0908. The normalized spacial score (nSPS) is 11.7. The Morgan fingerprint density at radius 1 is 1.53 bits per heavy atom. The molecule has 1 amide bonds. The van der Waals surface area contributed by atoms with Gasteiger partial charge in [0.15, 0.2) is 5.78 Å². The first-order valence-electron chi connectivity index (χ1n) is 5.41. The van der Waals surface area contributed by atoms with E-state index in [2.05, 4.69) is 10.3 Å². The second kappa shape index (κ2) is 5.98. The number of carbonyl (C=O) groups excluding carboxylic acids is 2. The van der Waals surface area contributed by atoms with Gasteiger partial charge in [-0.25, -0.2) is 0 Å². The third-order valence-electron chi connectivity index (χ3n) is 2.36. The lowest BCUT2D eigenvalue weighted by Crippen LogP contribution is -2.38. The zero-order valence-corrected chi connectivity index (χ0v) is 10.2. The van der Waals surface area contributed by atoms with Gasteiger partial charge in [-0.1, -0.05) is 6.92 Å². The first-order chi connectivity index (χ1) is 8.10. The Balaban J connectivity index is 2.85. The summed E-state index contributed by atoms with van der Waals surface area (Å²) in [6.45, 7) is 3.37. The number of methoxy groups -OCH3 is 1. The van der Waals surface area contributed by atoms with Gasteiger partial charge in [-0.05, 0) is 13.0 Å². The van der Waals surface area contributed by atoms with Crippen molar-refractivity contribution >= 4 is 11.7 Å². The highest BCUT2D eigenvalue weighted by atomic mass is 16.5. The molecule has 1 rings (SSSR count). The van der Waals surface area contributed by atoms with Crippen molar-refractivity contribution in [1.29, 1.82) is 0 Å². The molecule has 92 valence electrons. The van der Waals surface area contributed by atoms with E-state index in [4.69, 9.17) is 4.74 Å². The standard InChI is InChI=1S/C12H16N2O3/c1-4-11(15)14-8(2)12(16)9-7-13-6-5-10(9)17-3/h5-8H,4H2,1-3H3,(H,14,15)/t8-/m1/s1. The molecule has 1 N–H and O–H groups in total. The third-order valence-corrected chi connectivity index (χ3v) is 2.36. The summed E-state index contributed by atoms with van der Waals surface area (Å²) >= 11 is 0. The van der Waals surface area contributed by atoms with Crippen LogP contribution in [0.25, 0.3) is 0 Å². The molecule has 0 spiro atoms. The summed E-state index contributed by atoms with van der Waals surface area (Å²) in [5.41, 5.74) is 0.374. The average Bonchev–Trinajstić information content (AvgIpc) is 2.37. The minimum absolute atomic E-state index is 0.159. The highest BCUT2D eigenvalue weighted by molar-refractivity contribution is 6.03. The van der Waals surface area contributed by atoms with Gasteiger partial charge in [0, 0.05) is 18.8 Å². The molecule has 1 heterocycles. The predicted octanol–water partition coefficient (Wildman–Crippen LogP) is 1.19. The number of ketones is 1. The molecular formula is C12H16N2O3. The number of hydrogen-bond donors (Lipinski definition) is 1. The van der Waals surface area contributed by atoms with Gasteiger partial charge in [-0.3, -0.25) is 14.6 Å². The maximum absolute atomic E-state index is 12.0. The monoisotopic (exact) mass is 236 g/mol. The summed E-state index contributed by atoms with van der Waals surface area (Å²) < 4.78 is 5.07. The molecule has 0 aromatic carbocycles. The largest absolute Gasteiger partial charge is 0.496 e. The van der Waals surface area contributed by atoms with Crippen molar-refractivity contribution in [1.82, 2.24) is 10.3 Å². The van der Waals surface area contributed by atoms with Gasteiger partial charge in [-0.15, -0.1) is 0 Å². The summed E-state index contributed by atoms with van der Waals surface area (Å²) in [5, 5.41) is 2.61. The number of ether oxygens (including phenoxy) is 1. The van der Waals surface area contributed by atoms with Gasteiger partial charge in [0.25, 0.3) is 0 Å². The maximum atomic E-state index is 12.0. The zero-order valence-electron chi connectivity index (χ0n) is 10.2. The molecule has 1 aromatic heterocycles. The fraction of sp³-hybridized carbons (Fsp3) is 0.417. The van der Waals surface area contributed by atoms with Crippen LogP contribution in [0.4, 0.5) is 0 Å². The van der Waals surface area contributed by atoms with Crippen LogP contribution in [0.5, 0.6) is 5.75 Å². The predicted molar refractivity (Wildman–Crippen MR) is 63.0 cm³/mol. The molecule has 0 aliphatic rings. The molecule has 0 fully saturated rings. The van der Waals surface area contributed by atoms with E-state index in [0.29, 0.717) is 17.7 Å². The molecule has 1 atom stereocenters. The van der Waals surface area contributed by atoms with E-state index in [1.165, 1.54) is 13.3 Å². The van der Waals surface area contributed by atoms with E-state index in [9.17, 15) is 9.59 Å². The number of pyridine rings is 1. The number of amides is 1. The molecule has 5 heteroatoms. The van der Waals surface area contributed by atoms with Crippen LogP contribution in [-0.4, -0.2) is 29.8 Å². The minimum atomic E-state index is -0.583. The number of hydrogen-bond acceptors (Lipinski definition) is 4. The SMILES string of the molecule is CCC(=O)N[C@H](C)C(=O)c1cnccc1OC. The van der Waals surface area contributed by atoms with Gasteiger partial charge in [-0.2, -0.15) is 0 Å². The topological polar surface area (TPSA) is 68.3 Å². The molecule has 0 saturated carbocycles. The number of nitrogens with zero attached hydrogens (tertiary/aromatic N) is 1. The lowest BCUT2D eigenvalue weighted by atomic mass is 10.1. The number of Topliss-reactive ketones (excluding diaryl/α,β-unsaturated/α-hetero) is 1. The van der Waals surface area contributed by atoms with Crippen LogP contribution in [0.1, 0.15) is 30.6 Å². The average molecular weight is 236 g/mol. The van der Waals surface area contributed by atoms with E-state index >= 15 is 0 Å². The molecule has 0 unspecified atom stereocenters. The Labute approximate surface area is 100 Å².